The summed E-state index contributed by atoms with van der Waals surface area (Å²) in [5.41, 5.74) is -1.74. The second-order valence-electron chi connectivity index (χ2n) is 4.97. The zero-order valence-electron chi connectivity index (χ0n) is 12.7. The number of hydrogen-bond donors (Lipinski definition) is 1. The Bertz CT molecular complexity index is 696. The number of ether oxygens (including phenoxy) is 1. The van der Waals surface area contributed by atoms with Crippen LogP contribution in [0.25, 0.3) is 0 Å². The highest BCUT2D eigenvalue weighted by atomic mass is 19.4. The Morgan fingerprint density at radius 3 is 2.58 bits per heavy atom. The van der Waals surface area contributed by atoms with E-state index in [1.54, 1.807) is 0 Å². The maximum absolute atomic E-state index is 12.8. The summed E-state index contributed by atoms with van der Waals surface area (Å²) >= 11 is 0. The van der Waals surface area contributed by atoms with Gasteiger partial charge in [-0.05, 0) is 30.7 Å². The van der Waals surface area contributed by atoms with E-state index in [4.69, 9.17) is 4.74 Å². The van der Waals surface area contributed by atoms with Crippen LogP contribution < -0.4 is 10.1 Å². The van der Waals surface area contributed by atoms with Gasteiger partial charge in [-0.15, -0.1) is 0 Å². The zero-order chi connectivity index (χ0) is 17.7. The van der Waals surface area contributed by atoms with Crippen molar-refractivity contribution in [2.24, 2.45) is 7.05 Å². The quantitative estimate of drug-likeness (QED) is 0.647. The van der Waals surface area contributed by atoms with Crippen LogP contribution in [0.3, 0.4) is 0 Å². The van der Waals surface area contributed by atoms with Crippen molar-refractivity contribution in [1.29, 1.82) is 0 Å². The number of rotatable bonds is 6. The second kappa shape index (κ2) is 7.33. The first-order valence-corrected chi connectivity index (χ1v) is 7.05. The Labute approximate surface area is 135 Å². The minimum absolute atomic E-state index is 0.131. The van der Waals surface area contributed by atoms with E-state index in [1.165, 1.54) is 31.3 Å². The first-order valence-electron chi connectivity index (χ1n) is 7.05. The van der Waals surface area contributed by atoms with E-state index >= 15 is 0 Å². The van der Waals surface area contributed by atoms with Crippen molar-refractivity contribution in [2.75, 3.05) is 13.2 Å². The van der Waals surface area contributed by atoms with Crippen molar-refractivity contribution in [3.8, 4) is 5.75 Å². The van der Waals surface area contributed by atoms with Crippen LogP contribution in [0.5, 0.6) is 5.75 Å². The minimum atomic E-state index is -4.69. The van der Waals surface area contributed by atoms with Gasteiger partial charge < -0.3 is 10.1 Å². The Balaban J connectivity index is 1.80. The topological polar surface area (TPSA) is 56.2 Å². The summed E-state index contributed by atoms with van der Waals surface area (Å²) < 4.78 is 57.3. The molecule has 0 aliphatic rings. The predicted molar refractivity (Wildman–Crippen MR) is 77.1 cm³/mol. The molecule has 0 aliphatic heterocycles. The number of halogens is 4. The van der Waals surface area contributed by atoms with Gasteiger partial charge in [-0.3, -0.25) is 9.48 Å². The molecule has 0 saturated carbocycles. The fourth-order valence-corrected chi connectivity index (χ4v) is 1.95. The van der Waals surface area contributed by atoms with Gasteiger partial charge in [-0.2, -0.15) is 18.3 Å². The van der Waals surface area contributed by atoms with Crippen molar-refractivity contribution in [3.05, 3.63) is 47.5 Å². The van der Waals surface area contributed by atoms with Crippen LogP contribution in [0.4, 0.5) is 17.6 Å². The molecule has 0 saturated heterocycles. The maximum atomic E-state index is 12.8. The minimum Gasteiger partial charge on any atom is -0.494 e. The van der Waals surface area contributed by atoms with Crippen molar-refractivity contribution in [1.82, 2.24) is 15.1 Å². The predicted octanol–water partition coefficient (Wildman–Crippen LogP) is 2.78. The third-order valence-electron chi connectivity index (χ3n) is 3.03. The lowest BCUT2D eigenvalue weighted by atomic mass is 10.2. The Morgan fingerprint density at radius 1 is 1.29 bits per heavy atom. The van der Waals surface area contributed by atoms with E-state index in [9.17, 15) is 22.4 Å². The van der Waals surface area contributed by atoms with E-state index < -0.39 is 23.3 Å². The molecule has 130 valence electrons. The van der Waals surface area contributed by atoms with E-state index in [0.717, 1.165) is 10.9 Å². The molecule has 9 heteroatoms. The van der Waals surface area contributed by atoms with Gasteiger partial charge >= 0.3 is 6.18 Å². The SMILES string of the molecule is Cn1cc(C(=O)NCCCOc2ccc(F)cc2)c(C(F)(F)F)n1. The molecular weight excluding hydrogens is 330 g/mol. The number of nitrogens with one attached hydrogen (secondary N) is 1. The summed E-state index contributed by atoms with van der Waals surface area (Å²) in [6, 6.07) is 5.41. The molecule has 0 radical (unpaired) electrons. The highest BCUT2D eigenvalue weighted by Crippen LogP contribution is 2.30. The van der Waals surface area contributed by atoms with E-state index in [0.29, 0.717) is 12.2 Å². The van der Waals surface area contributed by atoms with E-state index in [-0.39, 0.29) is 19.0 Å². The summed E-state index contributed by atoms with van der Waals surface area (Å²) in [6.45, 7) is 0.358. The zero-order valence-corrected chi connectivity index (χ0v) is 12.7. The molecule has 1 aromatic heterocycles. The van der Waals surface area contributed by atoms with Crippen LogP contribution in [0.15, 0.2) is 30.5 Å². The number of aryl methyl sites for hydroxylation is 1. The summed E-state index contributed by atoms with van der Waals surface area (Å²) in [4.78, 5) is 11.8. The third kappa shape index (κ3) is 4.71. The molecular formula is C15H15F4N3O2. The number of amides is 1. The summed E-state index contributed by atoms with van der Waals surface area (Å²) in [5, 5.41) is 5.66. The van der Waals surface area contributed by atoms with Gasteiger partial charge in [-0.25, -0.2) is 4.39 Å². The van der Waals surface area contributed by atoms with Crippen molar-refractivity contribution >= 4 is 5.91 Å². The van der Waals surface area contributed by atoms with Gasteiger partial charge in [0.1, 0.15) is 11.6 Å². The largest absolute Gasteiger partial charge is 0.494 e. The van der Waals surface area contributed by atoms with Crippen LogP contribution >= 0.6 is 0 Å². The van der Waals surface area contributed by atoms with Crippen LogP contribution in [0, 0.1) is 5.82 Å². The highest BCUT2D eigenvalue weighted by molar-refractivity contribution is 5.95. The molecule has 2 aromatic rings. The number of nitrogens with zero attached hydrogens (tertiary/aromatic N) is 2. The monoisotopic (exact) mass is 345 g/mol. The fourth-order valence-electron chi connectivity index (χ4n) is 1.95. The lowest BCUT2D eigenvalue weighted by molar-refractivity contribution is -0.141. The number of carbonyl (C=O) groups excluding carboxylic acids is 1. The van der Waals surface area contributed by atoms with Crippen LogP contribution in [0.2, 0.25) is 0 Å². The molecule has 5 nitrogen and oxygen atoms in total. The van der Waals surface area contributed by atoms with Crippen LogP contribution in [-0.2, 0) is 13.2 Å². The Hall–Kier alpha value is -2.58. The number of alkyl halides is 3. The molecule has 0 aliphatic carbocycles. The molecule has 1 N–H and O–H groups in total. The summed E-state index contributed by atoms with van der Waals surface area (Å²) in [7, 11) is 1.31. The molecule has 0 unspecified atom stereocenters. The lowest BCUT2D eigenvalue weighted by Gasteiger charge is -2.08. The number of aromatic nitrogens is 2. The number of hydrogen-bond acceptors (Lipinski definition) is 3. The molecule has 1 heterocycles. The van der Waals surface area contributed by atoms with Gasteiger partial charge in [0.2, 0.25) is 0 Å². The smallest absolute Gasteiger partial charge is 0.435 e. The summed E-state index contributed by atoms with van der Waals surface area (Å²) in [5.74, 6) is -0.766. The van der Waals surface area contributed by atoms with Gasteiger partial charge in [0.15, 0.2) is 5.69 Å². The maximum Gasteiger partial charge on any atom is 0.435 e. The van der Waals surface area contributed by atoms with Crippen molar-refractivity contribution in [3.63, 3.8) is 0 Å². The van der Waals surface area contributed by atoms with Crippen LogP contribution in [-0.4, -0.2) is 28.8 Å². The first kappa shape index (κ1) is 17.8. The highest BCUT2D eigenvalue weighted by Gasteiger charge is 2.38. The van der Waals surface area contributed by atoms with Crippen molar-refractivity contribution in [2.45, 2.75) is 12.6 Å². The molecule has 2 rings (SSSR count). The fraction of sp³-hybridized carbons (Fsp3) is 0.333. The van der Waals surface area contributed by atoms with Gasteiger partial charge in [0.25, 0.3) is 5.91 Å². The van der Waals surface area contributed by atoms with E-state index in [2.05, 4.69) is 10.4 Å². The number of benzene rings is 1. The summed E-state index contributed by atoms with van der Waals surface area (Å²) in [6.07, 6.45) is -3.29. The standard InChI is InChI=1S/C15H15F4N3O2/c1-22-9-12(13(21-22)15(17,18)19)14(23)20-7-2-8-24-11-5-3-10(16)4-6-11/h3-6,9H,2,7-8H2,1H3,(H,20,23). The van der Waals surface area contributed by atoms with Gasteiger partial charge in [0.05, 0.1) is 12.2 Å². The molecule has 0 bridgehead atoms. The molecule has 24 heavy (non-hydrogen) atoms. The lowest BCUT2D eigenvalue weighted by Crippen LogP contribution is -2.27. The molecule has 1 amide bonds. The Kier molecular flexibility index (Phi) is 5.42. The average Bonchev–Trinajstić information content (AvgIpc) is 2.91. The second-order valence-corrected chi connectivity index (χ2v) is 4.97. The molecule has 0 atom stereocenters. The van der Waals surface area contributed by atoms with Crippen LogP contribution in [0.1, 0.15) is 22.5 Å². The molecule has 0 fully saturated rings. The first-order chi connectivity index (χ1) is 11.3. The number of carbonyl (C=O) groups is 1. The third-order valence-corrected chi connectivity index (χ3v) is 3.03. The Morgan fingerprint density at radius 2 is 1.96 bits per heavy atom. The average molecular weight is 345 g/mol. The van der Waals surface area contributed by atoms with E-state index in [1.807, 2.05) is 0 Å². The molecule has 1 aromatic carbocycles. The van der Waals surface area contributed by atoms with Crippen molar-refractivity contribution < 1.29 is 27.1 Å². The normalized spacial score (nSPS) is 11.4. The van der Waals surface area contributed by atoms with Gasteiger partial charge in [-0.1, -0.05) is 0 Å². The molecule has 0 spiro atoms. The van der Waals surface area contributed by atoms with Gasteiger partial charge in [0, 0.05) is 19.8 Å².